The number of aromatic nitrogens is 4. The van der Waals surface area contributed by atoms with Crippen LogP contribution in [0, 0.1) is 0 Å². The Hall–Kier alpha value is -2.47. The molecule has 6 heteroatoms. The number of ether oxygens (including phenoxy) is 1. The molecule has 3 aromatic rings. The summed E-state index contributed by atoms with van der Waals surface area (Å²) in [6, 6.07) is 10.1. The summed E-state index contributed by atoms with van der Waals surface area (Å²) in [4.78, 5) is 4.21. The van der Waals surface area contributed by atoms with Gasteiger partial charge in [0.1, 0.15) is 13.2 Å². The van der Waals surface area contributed by atoms with Crippen LogP contribution in [-0.4, -0.2) is 27.0 Å². The quantitative estimate of drug-likeness (QED) is 0.710. The third-order valence-corrected chi connectivity index (χ3v) is 2.82. The zero-order valence-corrected chi connectivity index (χ0v) is 11.1. The molecule has 3 rings (SSSR count). The standard InChI is InChI=1S/C14H14N4O2/c1-19-10-14-16-13(17-20-14)9-18-8-12(7-15-18)11-5-3-2-4-6-11/h2-8H,9-10H2,1H3. The van der Waals surface area contributed by atoms with Gasteiger partial charge in [0.05, 0.1) is 6.20 Å². The number of hydrogen-bond donors (Lipinski definition) is 0. The molecule has 20 heavy (non-hydrogen) atoms. The van der Waals surface area contributed by atoms with E-state index in [-0.39, 0.29) is 0 Å². The summed E-state index contributed by atoms with van der Waals surface area (Å²) >= 11 is 0. The molecular formula is C14H14N4O2. The van der Waals surface area contributed by atoms with Gasteiger partial charge in [-0.25, -0.2) is 0 Å². The van der Waals surface area contributed by atoms with Crippen LogP contribution in [0.5, 0.6) is 0 Å². The molecule has 0 saturated heterocycles. The molecule has 0 aliphatic rings. The van der Waals surface area contributed by atoms with Crippen molar-refractivity contribution < 1.29 is 9.26 Å². The van der Waals surface area contributed by atoms with Crippen LogP contribution < -0.4 is 0 Å². The van der Waals surface area contributed by atoms with Gasteiger partial charge in [-0.3, -0.25) is 4.68 Å². The van der Waals surface area contributed by atoms with E-state index in [2.05, 4.69) is 15.2 Å². The van der Waals surface area contributed by atoms with E-state index in [0.717, 1.165) is 11.1 Å². The van der Waals surface area contributed by atoms with Gasteiger partial charge in [0, 0.05) is 18.9 Å². The largest absolute Gasteiger partial charge is 0.375 e. The lowest BCUT2D eigenvalue weighted by Gasteiger charge is -1.96. The molecule has 0 radical (unpaired) electrons. The number of benzene rings is 1. The smallest absolute Gasteiger partial charge is 0.252 e. The van der Waals surface area contributed by atoms with Crippen molar-refractivity contribution in [3.05, 3.63) is 54.4 Å². The molecule has 0 fully saturated rings. The van der Waals surface area contributed by atoms with E-state index in [0.29, 0.717) is 24.9 Å². The lowest BCUT2D eigenvalue weighted by molar-refractivity contribution is 0.151. The second kappa shape index (κ2) is 5.66. The van der Waals surface area contributed by atoms with Gasteiger partial charge in [0.2, 0.25) is 0 Å². The molecular weight excluding hydrogens is 256 g/mol. The minimum absolute atomic E-state index is 0.321. The van der Waals surface area contributed by atoms with Crippen molar-refractivity contribution in [1.82, 2.24) is 19.9 Å². The SMILES string of the molecule is COCc1nc(Cn2cc(-c3ccccc3)cn2)no1. The molecule has 102 valence electrons. The highest BCUT2D eigenvalue weighted by atomic mass is 16.5. The van der Waals surface area contributed by atoms with Gasteiger partial charge in [-0.1, -0.05) is 35.5 Å². The van der Waals surface area contributed by atoms with E-state index in [9.17, 15) is 0 Å². The summed E-state index contributed by atoms with van der Waals surface area (Å²) in [6.07, 6.45) is 3.78. The van der Waals surface area contributed by atoms with E-state index in [1.165, 1.54) is 0 Å². The maximum absolute atomic E-state index is 5.04. The zero-order chi connectivity index (χ0) is 13.8. The van der Waals surface area contributed by atoms with E-state index in [1.807, 2.05) is 42.7 Å². The molecule has 1 aromatic carbocycles. The van der Waals surface area contributed by atoms with E-state index >= 15 is 0 Å². The lowest BCUT2D eigenvalue weighted by atomic mass is 10.1. The molecule has 0 unspecified atom stereocenters. The highest BCUT2D eigenvalue weighted by Gasteiger charge is 2.08. The Morgan fingerprint density at radius 1 is 1.20 bits per heavy atom. The minimum atomic E-state index is 0.321. The van der Waals surface area contributed by atoms with Crippen LogP contribution in [0.15, 0.2) is 47.2 Å². The summed E-state index contributed by atoms with van der Waals surface area (Å²) in [6.45, 7) is 0.793. The first kappa shape index (κ1) is 12.6. The molecule has 0 N–H and O–H groups in total. The Balaban J connectivity index is 1.73. The van der Waals surface area contributed by atoms with Crippen LogP contribution in [-0.2, 0) is 17.9 Å². The Bertz CT molecular complexity index is 675. The Morgan fingerprint density at radius 2 is 2.05 bits per heavy atom. The summed E-state index contributed by atoms with van der Waals surface area (Å²) in [5.41, 5.74) is 2.19. The molecule has 0 aliphatic heterocycles. The average Bonchev–Trinajstić information content (AvgIpc) is 3.11. The predicted molar refractivity (Wildman–Crippen MR) is 71.8 cm³/mol. The van der Waals surface area contributed by atoms with Gasteiger partial charge in [-0.05, 0) is 5.56 Å². The first-order chi connectivity index (χ1) is 9.85. The third kappa shape index (κ3) is 2.75. The molecule has 0 spiro atoms. The van der Waals surface area contributed by atoms with Crippen LogP contribution in [0.1, 0.15) is 11.7 Å². The van der Waals surface area contributed by atoms with Crippen LogP contribution in [0.2, 0.25) is 0 Å². The maximum atomic E-state index is 5.04. The van der Waals surface area contributed by atoms with Crippen molar-refractivity contribution in [3.8, 4) is 11.1 Å². The van der Waals surface area contributed by atoms with Gasteiger partial charge < -0.3 is 9.26 Å². The Labute approximate surface area is 116 Å². The molecule has 6 nitrogen and oxygen atoms in total. The highest BCUT2D eigenvalue weighted by Crippen LogP contribution is 2.17. The minimum Gasteiger partial charge on any atom is -0.375 e. The van der Waals surface area contributed by atoms with Crippen LogP contribution in [0.4, 0.5) is 0 Å². The fraction of sp³-hybridized carbons (Fsp3) is 0.214. The molecule has 0 bridgehead atoms. The normalized spacial score (nSPS) is 10.8. The summed E-state index contributed by atoms with van der Waals surface area (Å²) in [7, 11) is 1.59. The monoisotopic (exact) mass is 270 g/mol. The first-order valence-electron chi connectivity index (χ1n) is 6.23. The van der Waals surface area contributed by atoms with Crippen molar-refractivity contribution >= 4 is 0 Å². The summed E-state index contributed by atoms with van der Waals surface area (Å²) in [5.74, 6) is 1.05. The van der Waals surface area contributed by atoms with Crippen LogP contribution in [0.25, 0.3) is 11.1 Å². The van der Waals surface area contributed by atoms with Crippen molar-refractivity contribution in [2.75, 3.05) is 7.11 Å². The Kier molecular flexibility index (Phi) is 3.56. The van der Waals surface area contributed by atoms with Crippen LogP contribution in [0.3, 0.4) is 0 Å². The predicted octanol–water partition coefficient (Wildman–Crippen LogP) is 2.13. The molecule has 0 atom stereocenters. The number of nitrogens with zero attached hydrogens (tertiary/aromatic N) is 4. The molecule has 0 aliphatic carbocycles. The molecule has 0 saturated carbocycles. The van der Waals surface area contributed by atoms with Crippen molar-refractivity contribution in [1.29, 1.82) is 0 Å². The van der Waals surface area contributed by atoms with Gasteiger partial charge in [-0.15, -0.1) is 0 Å². The second-order valence-electron chi connectivity index (χ2n) is 4.33. The fourth-order valence-corrected chi connectivity index (χ4v) is 1.91. The summed E-state index contributed by atoms with van der Waals surface area (Å²) < 4.78 is 11.8. The number of hydrogen-bond acceptors (Lipinski definition) is 5. The highest BCUT2D eigenvalue weighted by molar-refractivity contribution is 5.61. The van der Waals surface area contributed by atoms with Gasteiger partial charge in [0.15, 0.2) is 5.82 Å². The van der Waals surface area contributed by atoms with E-state index in [4.69, 9.17) is 9.26 Å². The van der Waals surface area contributed by atoms with Gasteiger partial charge >= 0.3 is 0 Å². The molecule has 0 amide bonds. The topological polar surface area (TPSA) is 66.0 Å². The molecule has 2 heterocycles. The van der Waals surface area contributed by atoms with Crippen molar-refractivity contribution in [2.24, 2.45) is 0 Å². The average molecular weight is 270 g/mol. The Morgan fingerprint density at radius 3 is 2.85 bits per heavy atom. The van der Waals surface area contributed by atoms with E-state index < -0.39 is 0 Å². The fourth-order valence-electron chi connectivity index (χ4n) is 1.91. The van der Waals surface area contributed by atoms with Crippen molar-refractivity contribution in [3.63, 3.8) is 0 Å². The van der Waals surface area contributed by atoms with Crippen molar-refractivity contribution in [2.45, 2.75) is 13.2 Å². The second-order valence-corrected chi connectivity index (χ2v) is 4.33. The lowest BCUT2D eigenvalue weighted by Crippen LogP contribution is -2.01. The maximum Gasteiger partial charge on any atom is 0.252 e. The first-order valence-corrected chi connectivity index (χ1v) is 6.23. The zero-order valence-electron chi connectivity index (χ0n) is 11.1. The van der Waals surface area contributed by atoms with Gasteiger partial charge in [-0.2, -0.15) is 10.1 Å². The summed E-state index contributed by atoms with van der Waals surface area (Å²) in [5, 5.41) is 8.19. The third-order valence-electron chi connectivity index (χ3n) is 2.82. The number of rotatable bonds is 5. The van der Waals surface area contributed by atoms with E-state index in [1.54, 1.807) is 11.8 Å². The number of methoxy groups -OCH3 is 1. The van der Waals surface area contributed by atoms with Crippen LogP contribution >= 0.6 is 0 Å². The molecule has 2 aromatic heterocycles. The van der Waals surface area contributed by atoms with Gasteiger partial charge in [0.25, 0.3) is 5.89 Å².